The van der Waals surface area contributed by atoms with Crippen molar-refractivity contribution in [3.05, 3.63) is 58.9 Å². The van der Waals surface area contributed by atoms with Crippen LogP contribution < -0.4 is 11.1 Å². The summed E-state index contributed by atoms with van der Waals surface area (Å²) in [4.78, 5) is 12.0. The largest absolute Gasteiger partial charge is 0.399 e. The summed E-state index contributed by atoms with van der Waals surface area (Å²) >= 11 is 0. The number of carbonyl (C=O) groups excluding carboxylic acids is 1. The molecule has 1 amide bonds. The van der Waals surface area contributed by atoms with E-state index in [1.165, 1.54) is 24.3 Å². The Balaban J connectivity index is 2.28. The van der Waals surface area contributed by atoms with E-state index in [0.717, 1.165) is 6.07 Å². The van der Waals surface area contributed by atoms with Crippen LogP contribution in [0.3, 0.4) is 0 Å². The van der Waals surface area contributed by atoms with E-state index in [2.05, 4.69) is 5.32 Å². The standard InChI is InChI=1S/C15H12FN3O/c1-9-2-3-10(7-13(9)16)15(20)19-14-5-4-12(18)6-11(14)8-17/h2-7H,18H2,1H3,(H,19,20). The van der Waals surface area contributed by atoms with Crippen LogP contribution in [-0.2, 0) is 0 Å². The zero-order chi connectivity index (χ0) is 14.7. The van der Waals surface area contributed by atoms with Crippen molar-refractivity contribution in [3.8, 4) is 6.07 Å². The maximum atomic E-state index is 13.4. The van der Waals surface area contributed by atoms with Crippen molar-refractivity contribution in [1.29, 1.82) is 5.26 Å². The number of hydrogen-bond acceptors (Lipinski definition) is 3. The van der Waals surface area contributed by atoms with Gasteiger partial charge in [-0.1, -0.05) is 6.07 Å². The summed E-state index contributed by atoms with van der Waals surface area (Å²) in [6.45, 7) is 1.62. The zero-order valence-electron chi connectivity index (χ0n) is 10.8. The highest BCUT2D eigenvalue weighted by atomic mass is 19.1. The first-order chi connectivity index (χ1) is 9.51. The molecule has 0 bridgehead atoms. The molecule has 0 saturated heterocycles. The molecular weight excluding hydrogens is 257 g/mol. The van der Waals surface area contributed by atoms with Crippen LogP contribution in [0.5, 0.6) is 0 Å². The van der Waals surface area contributed by atoms with Gasteiger partial charge in [0, 0.05) is 11.3 Å². The molecule has 0 heterocycles. The SMILES string of the molecule is Cc1ccc(C(=O)Nc2ccc(N)cc2C#N)cc1F. The highest BCUT2D eigenvalue weighted by Gasteiger charge is 2.11. The molecule has 0 unspecified atom stereocenters. The number of aryl methyl sites for hydroxylation is 1. The fourth-order valence-electron chi connectivity index (χ4n) is 1.69. The van der Waals surface area contributed by atoms with Gasteiger partial charge < -0.3 is 11.1 Å². The molecule has 5 heteroatoms. The van der Waals surface area contributed by atoms with E-state index in [1.807, 2.05) is 6.07 Å². The third-order valence-corrected chi connectivity index (χ3v) is 2.85. The molecule has 0 aliphatic carbocycles. The Bertz CT molecular complexity index is 720. The number of rotatable bonds is 2. The first-order valence-corrected chi connectivity index (χ1v) is 5.88. The second kappa shape index (κ2) is 5.41. The molecule has 2 aromatic rings. The average Bonchev–Trinajstić information content (AvgIpc) is 2.43. The number of nitrogens with two attached hydrogens (primary N) is 1. The van der Waals surface area contributed by atoms with Crippen LogP contribution >= 0.6 is 0 Å². The molecule has 100 valence electrons. The van der Waals surface area contributed by atoms with Crippen molar-refractivity contribution in [2.24, 2.45) is 0 Å². The molecule has 0 aromatic heterocycles. The van der Waals surface area contributed by atoms with Crippen LogP contribution in [0.1, 0.15) is 21.5 Å². The van der Waals surface area contributed by atoms with Crippen molar-refractivity contribution in [2.45, 2.75) is 6.92 Å². The number of nitrogens with zero attached hydrogens (tertiary/aromatic N) is 1. The minimum absolute atomic E-state index is 0.189. The molecule has 0 radical (unpaired) electrons. The van der Waals surface area contributed by atoms with Crippen LogP contribution in [0.15, 0.2) is 36.4 Å². The first kappa shape index (κ1) is 13.6. The number of benzene rings is 2. The zero-order valence-corrected chi connectivity index (χ0v) is 10.8. The highest BCUT2D eigenvalue weighted by molar-refractivity contribution is 6.05. The molecule has 0 saturated carbocycles. The summed E-state index contributed by atoms with van der Waals surface area (Å²) in [5.41, 5.74) is 7.25. The second-order valence-electron chi connectivity index (χ2n) is 4.33. The lowest BCUT2D eigenvalue weighted by molar-refractivity contribution is 0.102. The third-order valence-electron chi connectivity index (χ3n) is 2.85. The van der Waals surface area contributed by atoms with Gasteiger partial charge >= 0.3 is 0 Å². The number of amides is 1. The van der Waals surface area contributed by atoms with E-state index >= 15 is 0 Å². The second-order valence-corrected chi connectivity index (χ2v) is 4.33. The lowest BCUT2D eigenvalue weighted by Gasteiger charge is -2.08. The molecule has 0 aliphatic heterocycles. The normalized spacial score (nSPS) is 9.85. The Hall–Kier alpha value is -2.87. The van der Waals surface area contributed by atoms with E-state index < -0.39 is 11.7 Å². The monoisotopic (exact) mass is 269 g/mol. The van der Waals surface area contributed by atoms with Crippen LogP contribution in [0, 0.1) is 24.1 Å². The molecule has 3 N–H and O–H groups in total. The van der Waals surface area contributed by atoms with Gasteiger partial charge in [-0.15, -0.1) is 0 Å². The third kappa shape index (κ3) is 2.75. The Kier molecular flexibility index (Phi) is 3.67. The Morgan fingerprint density at radius 2 is 2.05 bits per heavy atom. The van der Waals surface area contributed by atoms with Gasteiger partial charge in [-0.25, -0.2) is 4.39 Å². The number of halogens is 1. The van der Waals surface area contributed by atoms with Gasteiger partial charge in [-0.3, -0.25) is 4.79 Å². The average molecular weight is 269 g/mol. The van der Waals surface area contributed by atoms with Gasteiger partial charge in [0.2, 0.25) is 0 Å². The molecule has 0 spiro atoms. The minimum atomic E-state index is -0.481. The quantitative estimate of drug-likeness (QED) is 0.823. The number of hydrogen-bond donors (Lipinski definition) is 2. The number of nitrogens with one attached hydrogen (secondary N) is 1. The van der Waals surface area contributed by atoms with E-state index in [1.54, 1.807) is 13.0 Å². The van der Waals surface area contributed by atoms with E-state index in [-0.39, 0.29) is 11.1 Å². The predicted molar refractivity (Wildman–Crippen MR) is 74.7 cm³/mol. The van der Waals surface area contributed by atoms with Crippen molar-refractivity contribution < 1.29 is 9.18 Å². The van der Waals surface area contributed by atoms with Crippen LogP contribution in [-0.4, -0.2) is 5.91 Å². The van der Waals surface area contributed by atoms with Crippen molar-refractivity contribution in [3.63, 3.8) is 0 Å². The lowest BCUT2D eigenvalue weighted by atomic mass is 10.1. The van der Waals surface area contributed by atoms with Crippen molar-refractivity contribution in [2.75, 3.05) is 11.1 Å². The number of anilines is 2. The number of nitrogen functional groups attached to an aromatic ring is 1. The summed E-state index contributed by atoms with van der Waals surface area (Å²) in [6.07, 6.45) is 0. The Morgan fingerprint density at radius 1 is 1.30 bits per heavy atom. The van der Waals surface area contributed by atoms with Crippen molar-refractivity contribution in [1.82, 2.24) is 0 Å². The van der Waals surface area contributed by atoms with E-state index in [4.69, 9.17) is 11.0 Å². The number of carbonyl (C=O) groups is 1. The van der Waals surface area contributed by atoms with Gasteiger partial charge in [0.15, 0.2) is 0 Å². The molecule has 20 heavy (non-hydrogen) atoms. The van der Waals surface area contributed by atoms with E-state index in [0.29, 0.717) is 16.9 Å². The van der Waals surface area contributed by atoms with Gasteiger partial charge in [0.1, 0.15) is 11.9 Å². The summed E-state index contributed by atoms with van der Waals surface area (Å²) < 4.78 is 13.4. The first-order valence-electron chi connectivity index (χ1n) is 5.88. The Morgan fingerprint density at radius 3 is 2.70 bits per heavy atom. The van der Waals surface area contributed by atoms with E-state index in [9.17, 15) is 9.18 Å². The summed E-state index contributed by atoms with van der Waals surface area (Å²) in [7, 11) is 0. The fraction of sp³-hybridized carbons (Fsp3) is 0.0667. The van der Waals surface area contributed by atoms with Gasteiger partial charge in [0.25, 0.3) is 5.91 Å². The molecule has 2 rings (SSSR count). The fourth-order valence-corrected chi connectivity index (χ4v) is 1.69. The number of nitriles is 1. The van der Waals surface area contributed by atoms with Crippen LogP contribution in [0.25, 0.3) is 0 Å². The van der Waals surface area contributed by atoms with Crippen LogP contribution in [0.4, 0.5) is 15.8 Å². The summed E-state index contributed by atoms with van der Waals surface area (Å²) in [6, 6.07) is 10.7. The molecule has 0 aliphatic rings. The summed E-state index contributed by atoms with van der Waals surface area (Å²) in [5, 5.41) is 11.6. The van der Waals surface area contributed by atoms with Gasteiger partial charge in [0.05, 0.1) is 11.3 Å². The highest BCUT2D eigenvalue weighted by Crippen LogP contribution is 2.19. The van der Waals surface area contributed by atoms with Crippen LogP contribution in [0.2, 0.25) is 0 Å². The maximum Gasteiger partial charge on any atom is 0.255 e. The predicted octanol–water partition coefficient (Wildman–Crippen LogP) is 2.84. The molecular formula is C15H12FN3O. The molecule has 0 fully saturated rings. The topological polar surface area (TPSA) is 78.9 Å². The van der Waals surface area contributed by atoms with Gasteiger partial charge in [-0.2, -0.15) is 5.26 Å². The Labute approximate surface area is 115 Å². The summed E-state index contributed by atoms with van der Waals surface area (Å²) in [5.74, 6) is -0.930. The van der Waals surface area contributed by atoms with Crippen molar-refractivity contribution >= 4 is 17.3 Å². The minimum Gasteiger partial charge on any atom is -0.399 e. The molecule has 2 aromatic carbocycles. The molecule has 4 nitrogen and oxygen atoms in total. The smallest absolute Gasteiger partial charge is 0.255 e. The lowest BCUT2D eigenvalue weighted by Crippen LogP contribution is -2.13. The van der Waals surface area contributed by atoms with Gasteiger partial charge in [-0.05, 0) is 42.8 Å². The molecule has 0 atom stereocenters. The maximum absolute atomic E-state index is 13.4.